The van der Waals surface area contributed by atoms with E-state index >= 15 is 0 Å². The second-order valence-corrected chi connectivity index (χ2v) is 8.13. The Morgan fingerprint density at radius 3 is 2.29 bits per heavy atom. The summed E-state index contributed by atoms with van der Waals surface area (Å²) >= 11 is 0. The lowest BCUT2D eigenvalue weighted by atomic mass is 9.99. The van der Waals surface area contributed by atoms with Gasteiger partial charge in [-0.3, -0.25) is 9.59 Å². The summed E-state index contributed by atoms with van der Waals surface area (Å²) in [6.45, 7) is 2.08. The van der Waals surface area contributed by atoms with Crippen LogP contribution in [0, 0.1) is 0 Å². The highest BCUT2D eigenvalue weighted by Gasteiger charge is 2.38. The number of rotatable bonds is 12. The Balaban J connectivity index is 1.69. The third-order valence-corrected chi connectivity index (χ3v) is 5.43. The Morgan fingerprint density at radius 2 is 1.71 bits per heavy atom. The van der Waals surface area contributed by atoms with Crippen LogP contribution >= 0.6 is 0 Å². The molecule has 1 aromatic heterocycles. The van der Waals surface area contributed by atoms with Crippen molar-refractivity contribution in [3.05, 3.63) is 65.5 Å². The number of hydrogen-bond acceptors (Lipinski definition) is 6. The largest absolute Gasteiger partial charge is 0.481 e. The molecule has 0 aliphatic heterocycles. The molecule has 2 N–H and O–H groups in total. The van der Waals surface area contributed by atoms with E-state index in [1.807, 2.05) is 12.1 Å². The summed E-state index contributed by atoms with van der Waals surface area (Å²) in [5.74, 6) is -2.55. The van der Waals surface area contributed by atoms with Gasteiger partial charge in [0, 0.05) is 29.7 Å². The number of alkyl halides is 3. The minimum atomic E-state index is -4.70. The molecule has 0 unspecified atom stereocenters. The van der Waals surface area contributed by atoms with Gasteiger partial charge in [0.1, 0.15) is 0 Å². The molecular formula is C25H26F3N3O4. The van der Waals surface area contributed by atoms with Crippen LogP contribution < -0.4 is 5.32 Å². The highest BCUT2D eigenvalue weighted by molar-refractivity contribution is 5.96. The number of anilines is 1. The van der Waals surface area contributed by atoms with Gasteiger partial charge in [-0.15, -0.1) is 0 Å². The second kappa shape index (κ2) is 11.6. The number of unbranched alkanes of at least 4 members (excludes halogenated alkanes) is 1. The second-order valence-electron chi connectivity index (χ2n) is 8.13. The maximum Gasteiger partial charge on any atom is 0.471 e. The number of carbonyl (C=O) groups excluding carboxylic acids is 1. The zero-order valence-electron chi connectivity index (χ0n) is 19.1. The van der Waals surface area contributed by atoms with Crippen molar-refractivity contribution in [3.8, 4) is 11.4 Å². The molecule has 35 heavy (non-hydrogen) atoms. The standard InChI is InChI=1S/C25H26F3N3O4/c1-2-3-5-20(29-19-14-12-17(13-15-19)21(32)6-4-7-22(33)34)16-8-10-18(11-9-16)23-30-24(35-31-23)25(26,27)28/h8-15,20,29H,2-7H2,1H3,(H,33,34)/t20-/m1/s1. The van der Waals surface area contributed by atoms with Crippen LogP contribution in [0.5, 0.6) is 0 Å². The maximum absolute atomic E-state index is 12.7. The molecule has 7 nitrogen and oxygen atoms in total. The first-order valence-electron chi connectivity index (χ1n) is 11.3. The number of carboxylic acid groups (broad SMARTS) is 1. The van der Waals surface area contributed by atoms with Crippen molar-refractivity contribution in [2.24, 2.45) is 0 Å². The molecule has 0 aliphatic rings. The molecule has 3 rings (SSSR count). The summed E-state index contributed by atoms with van der Waals surface area (Å²) in [4.78, 5) is 26.3. The quantitative estimate of drug-likeness (QED) is 0.278. The summed E-state index contributed by atoms with van der Waals surface area (Å²) < 4.78 is 42.5. The van der Waals surface area contributed by atoms with Crippen molar-refractivity contribution < 1.29 is 32.4 Å². The van der Waals surface area contributed by atoms with E-state index in [2.05, 4.69) is 26.9 Å². The summed E-state index contributed by atoms with van der Waals surface area (Å²) in [6.07, 6.45) is -1.49. The topological polar surface area (TPSA) is 105 Å². The first kappa shape index (κ1) is 25.9. The predicted octanol–water partition coefficient (Wildman–Crippen LogP) is 6.54. The molecular weight excluding hydrogens is 463 g/mol. The number of hydrogen-bond donors (Lipinski definition) is 2. The van der Waals surface area contributed by atoms with E-state index in [0.717, 1.165) is 30.5 Å². The number of Topliss-reactive ketones (excluding diaryl/α,β-unsaturated/α-hetero) is 1. The van der Waals surface area contributed by atoms with E-state index in [0.29, 0.717) is 17.5 Å². The van der Waals surface area contributed by atoms with Crippen LogP contribution in [-0.4, -0.2) is 27.0 Å². The molecule has 3 aromatic rings. The minimum absolute atomic E-state index is 0.0422. The van der Waals surface area contributed by atoms with Crippen LogP contribution in [0.25, 0.3) is 11.4 Å². The highest BCUT2D eigenvalue weighted by atomic mass is 19.4. The highest BCUT2D eigenvalue weighted by Crippen LogP contribution is 2.31. The summed E-state index contributed by atoms with van der Waals surface area (Å²) in [7, 11) is 0. The number of aliphatic carboxylic acids is 1. The van der Waals surface area contributed by atoms with E-state index in [-0.39, 0.29) is 30.5 Å². The molecule has 0 radical (unpaired) electrons. The number of aromatic nitrogens is 2. The molecule has 1 heterocycles. The maximum atomic E-state index is 12.7. The fourth-order valence-corrected chi connectivity index (χ4v) is 3.55. The van der Waals surface area contributed by atoms with Crippen LogP contribution in [-0.2, 0) is 11.0 Å². The average molecular weight is 489 g/mol. The number of halogens is 3. The number of carboxylic acids is 1. The first-order chi connectivity index (χ1) is 16.7. The Labute approximate surface area is 200 Å². The van der Waals surface area contributed by atoms with Crippen molar-refractivity contribution >= 4 is 17.4 Å². The van der Waals surface area contributed by atoms with Gasteiger partial charge in [-0.1, -0.05) is 49.2 Å². The van der Waals surface area contributed by atoms with Crippen LogP contribution in [0.3, 0.4) is 0 Å². The number of carbonyl (C=O) groups is 2. The third-order valence-electron chi connectivity index (χ3n) is 5.43. The van der Waals surface area contributed by atoms with Gasteiger partial charge in [0.2, 0.25) is 5.82 Å². The van der Waals surface area contributed by atoms with E-state index < -0.39 is 18.0 Å². The van der Waals surface area contributed by atoms with E-state index in [1.165, 1.54) is 0 Å². The van der Waals surface area contributed by atoms with Gasteiger partial charge in [0.05, 0.1) is 6.04 Å². The monoisotopic (exact) mass is 489 g/mol. The van der Waals surface area contributed by atoms with E-state index in [1.54, 1.807) is 36.4 Å². The summed E-state index contributed by atoms with van der Waals surface area (Å²) in [5.41, 5.74) is 2.68. The Morgan fingerprint density at radius 1 is 1.03 bits per heavy atom. The smallest absolute Gasteiger partial charge is 0.471 e. The molecule has 0 amide bonds. The zero-order chi connectivity index (χ0) is 25.4. The summed E-state index contributed by atoms with van der Waals surface area (Å²) in [5, 5.41) is 15.6. The van der Waals surface area contributed by atoms with Crippen molar-refractivity contribution in [3.63, 3.8) is 0 Å². The molecule has 0 bridgehead atoms. The Hall–Kier alpha value is -3.69. The Kier molecular flexibility index (Phi) is 8.62. The van der Waals surface area contributed by atoms with Gasteiger partial charge >= 0.3 is 18.0 Å². The van der Waals surface area contributed by atoms with Crippen LogP contribution in [0.2, 0.25) is 0 Å². The third kappa shape index (κ3) is 7.40. The minimum Gasteiger partial charge on any atom is -0.481 e. The fraction of sp³-hybridized carbons (Fsp3) is 0.360. The molecule has 10 heteroatoms. The van der Waals surface area contributed by atoms with E-state index in [9.17, 15) is 22.8 Å². The van der Waals surface area contributed by atoms with Gasteiger partial charge in [0.25, 0.3) is 0 Å². The molecule has 0 saturated heterocycles. The van der Waals surface area contributed by atoms with E-state index in [4.69, 9.17) is 5.11 Å². The molecule has 0 aliphatic carbocycles. The van der Waals surface area contributed by atoms with Gasteiger partial charge < -0.3 is 14.9 Å². The number of benzene rings is 2. The van der Waals surface area contributed by atoms with Crippen molar-refractivity contribution in [1.82, 2.24) is 10.1 Å². The fourth-order valence-electron chi connectivity index (χ4n) is 3.55. The Bertz CT molecular complexity index is 1130. The van der Waals surface area contributed by atoms with Crippen LogP contribution in [0.15, 0.2) is 53.1 Å². The molecule has 1 atom stereocenters. The van der Waals surface area contributed by atoms with Gasteiger partial charge in [-0.2, -0.15) is 18.2 Å². The molecule has 186 valence electrons. The van der Waals surface area contributed by atoms with Crippen molar-refractivity contribution in [1.29, 1.82) is 0 Å². The van der Waals surface area contributed by atoms with Crippen molar-refractivity contribution in [2.45, 2.75) is 57.7 Å². The lowest BCUT2D eigenvalue weighted by molar-refractivity contribution is -0.159. The zero-order valence-corrected chi connectivity index (χ0v) is 19.1. The van der Waals surface area contributed by atoms with Crippen LogP contribution in [0.4, 0.5) is 18.9 Å². The van der Waals surface area contributed by atoms with Gasteiger partial charge in [0.15, 0.2) is 5.78 Å². The SMILES string of the molecule is CCCC[C@@H](Nc1ccc(C(=O)CCCC(=O)O)cc1)c1ccc(-c2noc(C(F)(F)F)n2)cc1. The average Bonchev–Trinajstić information content (AvgIpc) is 3.33. The van der Waals surface area contributed by atoms with Crippen LogP contribution in [0.1, 0.15) is 73.3 Å². The van der Waals surface area contributed by atoms with Gasteiger partial charge in [-0.05, 0) is 42.7 Å². The lowest BCUT2D eigenvalue weighted by Gasteiger charge is -2.21. The predicted molar refractivity (Wildman–Crippen MR) is 123 cm³/mol. The van der Waals surface area contributed by atoms with Gasteiger partial charge in [-0.25, -0.2) is 0 Å². The van der Waals surface area contributed by atoms with Crippen molar-refractivity contribution in [2.75, 3.05) is 5.32 Å². The number of nitrogens with one attached hydrogen (secondary N) is 1. The number of nitrogens with zero attached hydrogens (tertiary/aromatic N) is 2. The first-order valence-corrected chi connectivity index (χ1v) is 11.3. The number of ketones is 1. The molecule has 0 saturated carbocycles. The lowest BCUT2D eigenvalue weighted by Crippen LogP contribution is -2.11. The molecule has 0 spiro atoms. The molecule has 2 aromatic carbocycles. The summed E-state index contributed by atoms with van der Waals surface area (Å²) in [6, 6.07) is 13.9. The molecule has 0 fully saturated rings. The normalized spacial score (nSPS) is 12.3.